The van der Waals surface area contributed by atoms with E-state index in [0.29, 0.717) is 12.8 Å². The number of carbonyl (C=O) groups is 1. The molecule has 1 saturated carbocycles. The maximum absolute atomic E-state index is 11.3. The minimum absolute atomic E-state index is 0.279. The van der Waals surface area contributed by atoms with Gasteiger partial charge in [-0.2, -0.15) is 0 Å². The second kappa shape index (κ2) is 9.19. The molecular formula is C20H31NO3. The first-order valence-corrected chi connectivity index (χ1v) is 9.15. The third-order valence-electron chi connectivity index (χ3n) is 5.24. The molecule has 24 heavy (non-hydrogen) atoms. The summed E-state index contributed by atoms with van der Waals surface area (Å²) in [7, 11) is 1.75. The summed E-state index contributed by atoms with van der Waals surface area (Å²) in [5.74, 6) is -0.590. The maximum atomic E-state index is 11.3. The summed E-state index contributed by atoms with van der Waals surface area (Å²) in [6.45, 7) is 0.870. The highest BCUT2D eigenvalue weighted by atomic mass is 16.5. The molecule has 0 spiro atoms. The number of nitrogens with two attached hydrogens (primary N) is 1. The van der Waals surface area contributed by atoms with Gasteiger partial charge in [0.1, 0.15) is 5.54 Å². The van der Waals surface area contributed by atoms with E-state index < -0.39 is 11.5 Å². The van der Waals surface area contributed by atoms with Crippen LogP contribution in [-0.2, 0) is 16.0 Å². The molecule has 0 aliphatic heterocycles. The van der Waals surface area contributed by atoms with E-state index >= 15 is 0 Å². The predicted octanol–water partition coefficient (Wildman–Crippen LogP) is 3.88. The smallest absolute Gasteiger partial charge is 0.323 e. The molecule has 0 bridgehead atoms. The average molecular weight is 333 g/mol. The average Bonchev–Trinajstić information content (AvgIpc) is 2.98. The Morgan fingerprint density at radius 1 is 1.21 bits per heavy atom. The van der Waals surface area contributed by atoms with Crippen molar-refractivity contribution in [3.63, 3.8) is 0 Å². The van der Waals surface area contributed by atoms with Gasteiger partial charge in [-0.15, -0.1) is 0 Å². The number of hydrogen-bond acceptors (Lipinski definition) is 3. The van der Waals surface area contributed by atoms with E-state index in [1.807, 2.05) is 0 Å². The van der Waals surface area contributed by atoms with Crippen LogP contribution in [0.2, 0.25) is 0 Å². The summed E-state index contributed by atoms with van der Waals surface area (Å²) in [6, 6.07) is 8.70. The highest BCUT2D eigenvalue weighted by Gasteiger charge is 2.42. The maximum Gasteiger partial charge on any atom is 0.323 e. The highest BCUT2D eigenvalue weighted by molar-refractivity contribution is 5.79. The fourth-order valence-electron chi connectivity index (χ4n) is 3.62. The van der Waals surface area contributed by atoms with Crippen LogP contribution in [0, 0.1) is 0 Å². The van der Waals surface area contributed by atoms with Crippen LogP contribution in [0.4, 0.5) is 0 Å². The molecule has 0 aromatic heterocycles. The molecule has 0 amide bonds. The first-order chi connectivity index (χ1) is 11.5. The van der Waals surface area contributed by atoms with Crippen LogP contribution in [0.5, 0.6) is 0 Å². The molecule has 134 valence electrons. The molecule has 1 aliphatic rings. The van der Waals surface area contributed by atoms with E-state index in [1.165, 1.54) is 36.8 Å². The lowest BCUT2D eigenvalue weighted by Crippen LogP contribution is -2.45. The van der Waals surface area contributed by atoms with Crippen molar-refractivity contribution in [3.05, 3.63) is 35.4 Å². The largest absolute Gasteiger partial charge is 0.480 e. The Bertz CT molecular complexity index is 514. The molecule has 0 radical (unpaired) electrons. The van der Waals surface area contributed by atoms with Crippen molar-refractivity contribution in [2.24, 2.45) is 5.73 Å². The number of unbranched alkanes of at least 4 members (excludes halogenated alkanes) is 4. The summed E-state index contributed by atoms with van der Waals surface area (Å²) >= 11 is 0. The van der Waals surface area contributed by atoms with E-state index in [1.54, 1.807) is 7.11 Å². The van der Waals surface area contributed by atoms with Gasteiger partial charge in [0, 0.05) is 13.7 Å². The topological polar surface area (TPSA) is 72.5 Å². The number of aryl methyl sites for hydroxylation is 1. The van der Waals surface area contributed by atoms with Crippen LogP contribution in [0.15, 0.2) is 24.3 Å². The third kappa shape index (κ3) is 5.32. The molecular weight excluding hydrogens is 302 g/mol. The minimum atomic E-state index is -1.04. The van der Waals surface area contributed by atoms with Gasteiger partial charge in [-0.05, 0) is 55.6 Å². The lowest BCUT2D eigenvalue weighted by Gasteiger charge is -2.18. The van der Waals surface area contributed by atoms with E-state index in [0.717, 1.165) is 25.9 Å². The molecule has 1 aromatic rings. The monoisotopic (exact) mass is 333 g/mol. The predicted molar refractivity (Wildman–Crippen MR) is 96.3 cm³/mol. The molecule has 4 heteroatoms. The van der Waals surface area contributed by atoms with Gasteiger partial charge in [-0.25, -0.2) is 0 Å². The second-order valence-corrected chi connectivity index (χ2v) is 7.15. The Balaban J connectivity index is 1.72. The molecule has 0 heterocycles. The zero-order chi connectivity index (χ0) is 17.4. The Kier molecular flexibility index (Phi) is 7.25. The van der Waals surface area contributed by atoms with E-state index in [-0.39, 0.29) is 5.92 Å². The fourth-order valence-corrected chi connectivity index (χ4v) is 3.62. The van der Waals surface area contributed by atoms with Gasteiger partial charge in [0.15, 0.2) is 0 Å². The van der Waals surface area contributed by atoms with Crippen molar-refractivity contribution in [1.82, 2.24) is 0 Å². The van der Waals surface area contributed by atoms with Crippen molar-refractivity contribution in [2.75, 3.05) is 13.7 Å². The lowest BCUT2D eigenvalue weighted by molar-refractivity contribution is -0.143. The van der Waals surface area contributed by atoms with Crippen molar-refractivity contribution >= 4 is 5.97 Å². The van der Waals surface area contributed by atoms with Crippen molar-refractivity contribution in [1.29, 1.82) is 0 Å². The van der Waals surface area contributed by atoms with Crippen LogP contribution in [-0.4, -0.2) is 30.3 Å². The summed E-state index contributed by atoms with van der Waals surface area (Å²) in [5, 5.41) is 9.24. The number of carboxylic acids is 1. The Hall–Kier alpha value is -1.39. The van der Waals surface area contributed by atoms with Crippen molar-refractivity contribution in [2.45, 2.75) is 69.2 Å². The molecule has 2 unspecified atom stereocenters. The zero-order valence-corrected chi connectivity index (χ0v) is 14.8. The number of aliphatic carboxylic acids is 1. The molecule has 4 nitrogen and oxygen atoms in total. The number of hydrogen-bond donors (Lipinski definition) is 2. The van der Waals surface area contributed by atoms with Crippen LogP contribution in [0.25, 0.3) is 0 Å². The summed E-state index contributed by atoms with van der Waals surface area (Å²) in [6.07, 6.45) is 9.26. The standard InChI is InChI=1S/C20H31NO3/c1-24-14-6-4-2-3-5-7-16-8-10-17(11-9-16)18-12-13-20(21,15-18)19(22)23/h8-11,18H,2-7,12-15,21H2,1H3,(H,22,23). The molecule has 1 fully saturated rings. The first-order valence-electron chi connectivity index (χ1n) is 9.15. The molecule has 2 rings (SSSR count). The van der Waals surface area contributed by atoms with Crippen LogP contribution < -0.4 is 5.73 Å². The van der Waals surface area contributed by atoms with Gasteiger partial charge in [0.05, 0.1) is 0 Å². The van der Waals surface area contributed by atoms with Crippen molar-refractivity contribution in [3.8, 4) is 0 Å². The van der Waals surface area contributed by atoms with Crippen LogP contribution in [0.3, 0.4) is 0 Å². The van der Waals surface area contributed by atoms with Gasteiger partial charge >= 0.3 is 5.97 Å². The Morgan fingerprint density at radius 2 is 1.88 bits per heavy atom. The lowest BCUT2D eigenvalue weighted by atomic mass is 9.92. The SMILES string of the molecule is COCCCCCCCc1ccc(C2CCC(N)(C(=O)O)C2)cc1. The number of methoxy groups -OCH3 is 1. The number of ether oxygens (including phenoxy) is 1. The first kappa shape index (κ1) is 18.9. The van der Waals surface area contributed by atoms with Gasteiger partial charge < -0.3 is 15.6 Å². The van der Waals surface area contributed by atoms with Crippen LogP contribution >= 0.6 is 0 Å². The minimum Gasteiger partial charge on any atom is -0.480 e. The van der Waals surface area contributed by atoms with Gasteiger partial charge in [0.2, 0.25) is 0 Å². The summed E-state index contributed by atoms with van der Waals surface area (Å²) < 4.78 is 5.06. The summed E-state index contributed by atoms with van der Waals surface area (Å²) in [5.41, 5.74) is 7.54. The van der Waals surface area contributed by atoms with E-state index in [2.05, 4.69) is 24.3 Å². The number of carboxylic acid groups (broad SMARTS) is 1. The fraction of sp³-hybridized carbons (Fsp3) is 0.650. The van der Waals surface area contributed by atoms with E-state index in [4.69, 9.17) is 10.5 Å². The second-order valence-electron chi connectivity index (χ2n) is 7.15. The normalized spacial score (nSPS) is 23.5. The van der Waals surface area contributed by atoms with Gasteiger partial charge in [-0.1, -0.05) is 43.5 Å². The Morgan fingerprint density at radius 3 is 2.50 bits per heavy atom. The Labute approximate surface area is 145 Å². The van der Waals surface area contributed by atoms with E-state index in [9.17, 15) is 9.90 Å². The quantitative estimate of drug-likeness (QED) is 0.637. The zero-order valence-electron chi connectivity index (χ0n) is 14.8. The van der Waals surface area contributed by atoms with Crippen LogP contribution in [0.1, 0.15) is 68.4 Å². The molecule has 1 aliphatic carbocycles. The number of benzene rings is 1. The van der Waals surface area contributed by atoms with Gasteiger partial charge in [-0.3, -0.25) is 4.79 Å². The summed E-state index contributed by atoms with van der Waals surface area (Å²) in [4.78, 5) is 11.3. The van der Waals surface area contributed by atoms with Crippen molar-refractivity contribution < 1.29 is 14.6 Å². The molecule has 3 N–H and O–H groups in total. The molecule has 0 saturated heterocycles. The molecule has 1 aromatic carbocycles. The highest BCUT2D eigenvalue weighted by Crippen LogP contribution is 2.39. The number of rotatable bonds is 10. The van der Waals surface area contributed by atoms with Gasteiger partial charge in [0.25, 0.3) is 0 Å². The third-order valence-corrected chi connectivity index (χ3v) is 5.24. The molecule has 2 atom stereocenters.